The Kier molecular flexibility index (Phi) is 6.57. The smallest absolute Gasteiger partial charge is 0.311 e. The van der Waals surface area contributed by atoms with Crippen molar-refractivity contribution in [2.24, 2.45) is 59.2 Å². The Hall–Kier alpha value is -1.10. The molecule has 5 nitrogen and oxygen atoms in total. The minimum Gasteiger partial charge on any atom is -0.462 e. The predicted octanol–water partition coefficient (Wildman–Crippen LogP) is 5.22. The molecule has 180 valence electrons. The molecule has 0 radical (unpaired) electrons. The second kappa shape index (κ2) is 9.27. The van der Waals surface area contributed by atoms with Gasteiger partial charge in [-0.05, 0) is 85.9 Å². The van der Waals surface area contributed by atoms with E-state index in [-0.39, 0.29) is 36.7 Å². The SMILES string of the molecule is CC(C)C(C)C(=O)OC1CC2CC1C1C3CC(CC3C(=O)OCOCC3CCCCC3)C21. The van der Waals surface area contributed by atoms with Crippen LogP contribution in [0.3, 0.4) is 0 Å². The highest BCUT2D eigenvalue weighted by Gasteiger charge is 2.66. The van der Waals surface area contributed by atoms with Crippen LogP contribution in [0.4, 0.5) is 0 Å². The Bertz CT molecular complexity index is 698. The molecule has 0 aromatic rings. The zero-order chi connectivity index (χ0) is 22.4. The third-order valence-corrected chi connectivity index (χ3v) is 10.1. The highest BCUT2D eigenvalue weighted by atomic mass is 16.7. The average molecular weight is 447 g/mol. The Morgan fingerprint density at radius 2 is 1.59 bits per heavy atom. The van der Waals surface area contributed by atoms with Crippen LogP contribution in [0.25, 0.3) is 0 Å². The molecule has 0 spiro atoms. The third kappa shape index (κ3) is 4.12. The summed E-state index contributed by atoms with van der Waals surface area (Å²) >= 11 is 0. The average Bonchev–Trinajstić information content (AvgIpc) is 3.55. The molecule has 5 heteroatoms. The van der Waals surface area contributed by atoms with Crippen molar-refractivity contribution in [1.29, 1.82) is 0 Å². The number of carbonyl (C=O) groups excluding carboxylic acids is 2. The van der Waals surface area contributed by atoms with Crippen molar-refractivity contribution in [1.82, 2.24) is 0 Å². The van der Waals surface area contributed by atoms with Gasteiger partial charge in [0.2, 0.25) is 0 Å². The highest BCUT2D eigenvalue weighted by Crippen LogP contribution is 2.69. The van der Waals surface area contributed by atoms with E-state index in [9.17, 15) is 9.59 Å². The molecule has 4 bridgehead atoms. The topological polar surface area (TPSA) is 61.8 Å². The minimum atomic E-state index is -0.0544. The van der Waals surface area contributed by atoms with Crippen molar-refractivity contribution in [2.75, 3.05) is 13.4 Å². The number of fused-ring (bicyclic) bond motifs is 9. The number of esters is 2. The lowest BCUT2D eigenvalue weighted by Crippen LogP contribution is -2.42. The van der Waals surface area contributed by atoms with Crippen LogP contribution in [-0.2, 0) is 23.8 Å². The van der Waals surface area contributed by atoms with E-state index >= 15 is 0 Å². The fraction of sp³-hybridized carbons (Fsp3) is 0.926. The molecule has 0 heterocycles. The number of carbonyl (C=O) groups is 2. The van der Waals surface area contributed by atoms with E-state index in [2.05, 4.69) is 13.8 Å². The van der Waals surface area contributed by atoms with Gasteiger partial charge in [-0.15, -0.1) is 0 Å². The summed E-state index contributed by atoms with van der Waals surface area (Å²) in [5.74, 6) is 4.30. The summed E-state index contributed by atoms with van der Waals surface area (Å²) in [4.78, 5) is 25.5. The third-order valence-electron chi connectivity index (χ3n) is 10.1. The Morgan fingerprint density at radius 1 is 0.875 bits per heavy atom. The minimum absolute atomic E-state index is 0.0184. The molecular formula is C27H42O5. The summed E-state index contributed by atoms with van der Waals surface area (Å²) in [5.41, 5.74) is 0. The summed E-state index contributed by atoms with van der Waals surface area (Å²) in [6, 6.07) is 0. The van der Waals surface area contributed by atoms with Gasteiger partial charge < -0.3 is 14.2 Å². The van der Waals surface area contributed by atoms with Gasteiger partial charge in [-0.25, -0.2) is 0 Å². The first-order valence-electron chi connectivity index (χ1n) is 13.4. The number of hydrogen-bond donors (Lipinski definition) is 0. The summed E-state index contributed by atoms with van der Waals surface area (Å²) in [5, 5.41) is 0. The van der Waals surface area contributed by atoms with Crippen molar-refractivity contribution < 1.29 is 23.8 Å². The monoisotopic (exact) mass is 446 g/mol. The fourth-order valence-electron chi connectivity index (χ4n) is 8.25. The van der Waals surface area contributed by atoms with E-state index in [1.54, 1.807) is 0 Å². The Morgan fingerprint density at radius 3 is 2.34 bits per heavy atom. The molecule has 0 amide bonds. The summed E-state index contributed by atoms with van der Waals surface area (Å²) < 4.78 is 17.4. The van der Waals surface area contributed by atoms with Crippen LogP contribution in [-0.4, -0.2) is 31.4 Å². The van der Waals surface area contributed by atoms with Crippen LogP contribution < -0.4 is 0 Å². The van der Waals surface area contributed by atoms with E-state index in [1.165, 1.54) is 38.5 Å². The zero-order valence-corrected chi connectivity index (χ0v) is 20.2. The molecular weight excluding hydrogens is 404 g/mol. The second-order valence-corrected chi connectivity index (χ2v) is 12.0. The van der Waals surface area contributed by atoms with E-state index in [0.717, 1.165) is 31.8 Å². The molecule has 0 aromatic heterocycles. The van der Waals surface area contributed by atoms with Crippen molar-refractivity contribution in [3.63, 3.8) is 0 Å². The van der Waals surface area contributed by atoms with Crippen LogP contribution in [0.5, 0.6) is 0 Å². The molecule has 32 heavy (non-hydrogen) atoms. The van der Waals surface area contributed by atoms with Gasteiger partial charge in [-0.1, -0.05) is 40.0 Å². The first kappa shape index (κ1) is 22.7. The van der Waals surface area contributed by atoms with Gasteiger partial charge in [-0.2, -0.15) is 0 Å². The lowest BCUT2D eigenvalue weighted by atomic mass is 9.66. The van der Waals surface area contributed by atoms with Crippen molar-refractivity contribution in [3.05, 3.63) is 0 Å². The summed E-state index contributed by atoms with van der Waals surface area (Å²) in [6.07, 6.45) is 10.9. The van der Waals surface area contributed by atoms with Crippen molar-refractivity contribution in [3.8, 4) is 0 Å². The maximum Gasteiger partial charge on any atom is 0.311 e. The molecule has 5 fully saturated rings. The first-order valence-corrected chi connectivity index (χ1v) is 13.4. The van der Waals surface area contributed by atoms with E-state index < -0.39 is 0 Å². The normalized spacial score (nSPS) is 41.1. The number of hydrogen-bond acceptors (Lipinski definition) is 5. The summed E-state index contributed by atoms with van der Waals surface area (Å²) in [7, 11) is 0. The molecule has 5 aliphatic rings. The molecule has 9 unspecified atom stereocenters. The number of ether oxygens (including phenoxy) is 3. The maximum atomic E-state index is 12.9. The van der Waals surface area contributed by atoms with Gasteiger partial charge in [0.15, 0.2) is 6.79 Å². The van der Waals surface area contributed by atoms with Gasteiger partial charge in [0, 0.05) is 0 Å². The van der Waals surface area contributed by atoms with Crippen LogP contribution in [0, 0.1) is 59.2 Å². The molecule has 9 atom stereocenters. The molecule has 0 saturated heterocycles. The molecule has 0 N–H and O–H groups in total. The van der Waals surface area contributed by atoms with Gasteiger partial charge in [0.25, 0.3) is 0 Å². The highest BCUT2D eigenvalue weighted by molar-refractivity contribution is 5.74. The number of rotatable bonds is 8. The van der Waals surface area contributed by atoms with Gasteiger partial charge in [0.05, 0.1) is 18.4 Å². The van der Waals surface area contributed by atoms with Gasteiger partial charge in [-0.3, -0.25) is 9.59 Å². The molecule has 5 rings (SSSR count). The second-order valence-electron chi connectivity index (χ2n) is 12.0. The predicted molar refractivity (Wildman–Crippen MR) is 120 cm³/mol. The van der Waals surface area contributed by atoms with Crippen molar-refractivity contribution in [2.45, 2.75) is 84.7 Å². The quantitative estimate of drug-likeness (QED) is 0.221. The fourth-order valence-corrected chi connectivity index (χ4v) is 8.25. The van der Waals surface area contributed by atoms with E-state index in [0.29, 0.717) is 41.4 Å². The van der Waals surface area contributed by atoms with Gasteiger partial charge in [0.1, 0.15) is 6.10 Å². The molecule has 5 aliphatic carbocycles. The van der Waals surface area contributed by atoms with Crippen LogP contribution >= 0.6 is 0 Å². The lowest BCUT2D eigenvalue weighted by molar-refractivity contribution is -0.169. The van der Waals surface area contributed by atoms with Gasteiger partial charge >= 0.3 is 11.9 Å². The Labute approximate surface area is 193 Å². The first-order chi connectivity index (χ1) is 15.4. The van der Waals surface area contributed by atoms with E-state index in [4.69, 9.17) is 14.2 Å². The van der Waals surface area contributed by atoms with Crippen LogP contribution in [0.1, 0.15) is 78.6 Å². The van der Waals surface area contributed by atoms with Crippen LogP contribution in [0.15, 0.2) is 0 Å². The Balaban J connectivity index is 1.13. The zero-order valence-electron chi connectivity index (χ0n) is 20.2. The molecule has 5 saturated carbocycles. The van der Waals surface area contributed by atoms with Crippen LogP contribution in [0.2, 0.25) is 0 Å². The lowest BCUT2D eigenvalue weighted by Gasteiger charge is -2.40. The largest absolute Gasteiger partial charge is 0.462 e. The summed E-state index contributed by atoms with van der Waals surface area (Å²) in [6.45, 7) is 6.96. The maximum absolute atomic E-state index is 12.9. The molecule has 0 aromatic carbocycles. The van der Waals surface area contributed by atoms with Crippen molar-refractivity contribution >= 4 is 11.9 Å². The van der Waals surface area contributed by atoms with E-state index in [1.807, 2.05) is 6.92 Å². The standard InChI is InChI=1S/C27H42O5/c1-15(2)16(3)26(28)32-23-12-19-11-22(23)25-20-9-18(24(19)25)10-21(20)27(29)31-14-30-13-17-7-5-4-6-8-17/h15-25H,4-14H2,1-3H3. The molecule has 0 aliphatic heterocycles.